The number of hydrogen-bond donors (Lipinski definition) is 11. The van der Waals surface area contributed by atoms with Gasteiger partial charge in [0.2, 0.25) is 41.4 Å². The maximum Gasteiger partial charge on any atom is 0.408 e. The summed E-state index contributed by atoms with van der Waals surface area (Å²) in [6, 6.07) is 26.3. The fourth-order valence-corrected chi connectivity index (χ4v) is 13.3. The zero-order valence-corrected chi connectivity index (χ0v) is 57.4. The van der Waals surface area contributed by atoms with Gasteiger partial charge in [-0.15, -0.1) is 0 Å². The molecular weight excluding hydrogens is 1210 g/mol. The van der Waals surface area contributed by atoms with Crippen molar-refractivity contribution in [3.63, 3.8) is 0 Å². The third-order valence-electron chi connectivity index (χ3n) is 16.8. The lowest BCUT2D eigenvalue weighted by Crippen LogP contribution is -2.69. The van der Waals surface area contributed by atoms with Crippen molar-refractivity contribution in [1.29, 1.82) is 0 Å². The van der Waals surface area contributed by atoms with E-state index >= 15 is 4.79 Å². The summed E-state index contributed by atoms with van der Waals surface area (Å²) >= 11 is 1.89. The number of ether oxygens (including phenoxy) is 1. The van der Waals surface area contributed by atoms with Gasteiger partial charge < -0.3 is 63.0 Å². The lowest BCUT2D eigenvalue weighted by atomic mass is 9.81. The van der Waals surface area contributed by atoms with Gasteiger partial charge in [0.05, 0.1) is 18.2 Å². The van der Waals surface area contributed by atoms with Crippen LogP contribution in [0.2, 0.25) is 0 Å². The van der Waals surface area contributed by atoms with Gasteiger partial charge in [-0.3, -0.25) is 33.6 Å². The number of benzene rings is 3. The zero-order chi connectivity index (χ0) is 68.0. The second kappa shape index (κ2) is 43.0. The Morgan fingerprint density at radius 3 is 1.52 bits per heavy atom. The van der Waals surface area contributed by atoms with Crippen molar-refractivity contribution < 1.29 is 53.0 Å². The number of aliphatic hydroxyl groups excluding tert-OH is 1. The van der Waals surface area contributed by atoms with Crippen LogP contribution in [0.4, 0.5) is 9.59 Å². The summed E-state index contributed by atoms with van der Waals surface area (Å²) in [6.45, 7) is 11.5. The number of thioether (sulfide) groups is 1. The smallest absolute Gasteiger partial charge is 0.408 e. The van der Waals surface area contributed by atoms with Crippen molar-refractivity contribution in [3.05, 3.63) is 108 Å². The van der Waals surface area contributed by atoms with Crippen LogP contribution in [0.3, 0.4) is 0 Å². The van der Waals surface area contributed by atoms with Gasteiger partial charge in [-0.25, -0.2) is 9.59 Å². The van der Waals surface area contributed by atoms with E-state index in [2.05, 4.69) is 53.2 Å². The molecule has 0 aliphatic carbocycles. The van der Waals surface area contributed by atoms with Gasteiger partial charge in [0.1, 0.15) is 17.7 Å². The molecule has 7 atom stereocenters. The Morgan fingerprint density at radius 1 is 0.553 bits per heavy atom. The molecule has 2 aliphatic rings. The highest BCUT2D eigenvalue weighted by molar-refractivity contribution is 8.00. The molecule has 2 heterocycles. The van der Waals surface area contributed by atoms with Crippen LogP contribution in [0.1, 0.15) is 193 Å². The first-order chi connectivity index (χ1) is 45.2. The van der Waals surface area contributed by atoms with Crippen molar-refractivity contribution in [2.45, 2.75) is 242 Å². The average Bonchev–Trinajstić information content (AvgIpc) is 0.983. The van der Waals surface area contributed by atoms with Crippen LogP contribution in [0.15, 0.2) is 91.0 Å². The predicted octanol–water partition coefficient (Wildman–Crippen LogP) is 8.29. The summed E-state index contributed by atoms with van der Waals surface area (Å²) in [4.78, 5) is 119. The summed E-state index contributed by atoms with van der Waals surface area (Å²) in [6.07, 6.45) is 12.8. The number of unbranched alkanes of at least 4 members (excludes halogenated alkanes) is 9. The summed E-state index contributed by atoms with van der Waals surface area (Å²) in [5, 5.41) is 42.2. The van der Waals surface area contributed by atoms with Gasteiger partial charge in [-0.1, -0.05) is 131 Å². The lowest BCUT2D eigenvalue weighted by molar-refractivity contribution is -0.138. The van der Waals surface area contributed by atoms with E-state index in [-0.39, 0.29) is 73.3 Å². The number of aliphatic hydroxyl groups is 1. The summed E-state index contributed by atoms with van der Waals surface area (Å²) in [7, 11) is 0. The first-order valence-corrected chi connectivity index (χ1v) is 35.7. The first kappa shape index (κ1) is 77.5. The van der Waals surface area contributed by atoms with Gasteiger partial charge in [-0.2, -0.15) is 11.8 Å². The minimum absolute atomic E-state index is 0.00145. The van der Waals surface area contributed by atoms with Crippen LogP contribution in [-0.4, -0.2) is 144 Å². The fourth-order valence-electron chi connectivity index (χ4n) is 11.7. The van der Waals surface area contributed by atoms with Crippen LogP contribution >= 0.6 is 11.8 Å². The third kappa shape index (κ3) is 30.9. The molecule has 3 aromatic rings. The van der Waals surface area contributed by atoms with Crippen LogP contribution < -0.4 is 53.2 Å². The Morgan fingerprint density at radius 2 is 1.02 bits per heavy atom. The van der Waals surface area contributed by atoms with E-state index in [4.69, 9.17) is 4.74 Å². The molecule has 21 nitrogen and oxygen atoms in total. The van der Waals surface area contributed by atoms with Crippen molar-refractivity contribution >= 4 is 65.2 Å². The molecule has 22 heteroatoms. The Hall–Kier alpha value is -7.20. The van der Waals surface area contributed by atoms with E-state index in [1.165, 1.54) is 0 Å². The number of carbonyl (C=O) groups excluding carboxylic acids is 9. The van der Waals surface area contributed by atoms with E-state index in [9.17, 15) is 43.5 Å². The maximum absolute atomic E-state index is 15.1. The highest BCUT2D eigenvalue weighted by atomic mass is 32.2. The second-order valence-electron chi connectivity index (χ2n) is 26.6. The monoisotopic (exact) mass is 1320 g/mol. The molecule has 10 amide bonds. The normalized spacial score (nSPS) is 16.6. The Kier molecular flexibility index (Phi) is 35.4. The first-order valence-electron chi connectivity index (χ1n) is 34.6. The van der Waals surface area contributed by atoms with E-state index in [1.54, 1.807) is 32.9 Å². The van der Waals surface area contributed by atoms with E-state index in [0.29, 0.717) is 101 Å². The molecule has 0 saturated carbocycles. The van der Waals surface area contributed by atoms with Gasteiger partial charge in [-0.05, 0) is 140 Å². The number of alkyl carbamates (subject to hydrolysis) is 1. The molecule has 11 N–H and O–H groups in total. The summed E-state index contributed by atoms with van der Waals surface area (Å²) in [5.41, 5.74) is -0.390. The fraction of sp³-hybridized carbons (Fsp3) is 0.625. The number of amides is 10. The molecule has 0 spiro atoms. The number of hydrogen-bond acceptors (Lipinski definition) is 12. The van der Waals surface area contributed by atoms with E-state index in [1.807, 2.05) is 104 Å². The van der Waals surface area contributed by atoms with E-state index in [0.717, 1.165) is 93.9 Å². The maximum atomic E-state index is 15.1. The summed E-state index contributed by atoms with van der Waals surface area (Å²) in [5.74, 6) is -0.879. The number of urea groups is 1. The lowest BCUT2D eigenvalue weighted by Gasteiger charge is -2.39. The SMILES string of the molecule is CC(C)C[C@H](NC(=O)[C@@](Cc1ccccc1)(NC(=O)OC(C)(C)C)[C@H](O)CCCc1ccccc1)C(=O)NC(Cc1ccccc1)C(=O)NCCCCCNC(=O)CCCCCNC(=O)CCCCCNC(=O)CCCCCNC(=O)CCCC[C@@H]1SC[C@@H]2NC(=O)N[C@@H]21. The Bertz CT molecular complexity index is 2780. The molecular formula is C72H110N10O11S. The summed E-state index contributed by atoms with van der Waals surface area (Å²) < 4.78 is 5.69. The topological polar surface area (TPSA) is 303 Å². The highest BCUT2D eigenvalue weighted by Crippen LogP contribution is 2.33. The minimum atomic E-state index is -1.98. The average molecular weight is 1320 g/mol. The van der Waals surface area contributed by atoms with Gasteiger partial charge in [0.15, 0.2) is 5.54 Å². The molecule has 2 saturated heterocycles. The number of fused-ring (bicyclic) bond motifs is 1. The molecule has 0 bridgehead atoms. The van der Waals surface area contributed by atoms with E-state index < -0.39 is 53.1 Å². The molecule has 5 rings (SSSR count). The molecule has 2 fully saturated rings. The van der Waals surface area contributed by atoms with Crippen LogP contribution in [0.5, 0.6) is 0 Å². The number of aryl methyl sites for hydroxylation is 1. The number of carbonyl (C=O) groups is 9. The molecule has 1 unspecified atom stereocenters. The standard InChI is InChI=1S/C72H110N10O11S/c1-52(2)48-56(79-68(90)72(50-55-34-17-8-18-35-55,82-70(92)93-71(3,4)5)60(83)38-29-36-53-30-13-6-14-31-53)67(89)78-57(49-54-32-15-7-16-33-54)66(88)77-47-28-12-27-46-76-63(86)41-21-10-25-44-74-61(84)39-19-9-24-43-73-62(85)40-20-11-26-45-75-64(87)42-23-22-37-59-65-58(51-94-59)80-69(91)81-65/h6-8,13-18,30-35,52,56-60,65,83H,9-12,19-29,36-51H2,1-5H3,(H,73,85)(H,74,84)(H,75,87)(H,76,86)(H,77,88)(H,78,89)(H,79,90)(H,82,92)(H2,80,81,91)/t56-,57?,58-,59-,60+,65-,72-/m0/s1. The molecule has 2 aliphatic heterocycles. The van der Waals surface area contributed by atoms with Crippen LogP contribution in [0.25, 0.3) is 0 Å². The van der Waals surface area contributed by atoms with Crippen molar-refractivity contribution in [1.82, 2.24) is 53.2 Å². The zero-order valence-electron chi connectivity index (χ0n) is 56.6. The van der Waals surface area contributed by atoms with Crippen LogP contribution in [-0.2, 0) is 57.6 Å². The van der Waals surface area contributed by atoms with Crippen LogP contribution in [0, 0.1) is 5.92 Å². The van der Waals surface area contributed by atoms with Crippen molar-refractivity contribution in [2.24, 2.45) is 5.92 Å². The molecule has 0 radical (unpaired) electrons. The molecule has 520 valence electrons. The highest BCUT2D eigenvalue weighted by Gasteiger charge is 2.49. The van der Waals surface area contributed by atoms with Gasteiger partial charge in [0.25, 0.3) is 0 Å². The Labute approximate surface area is 562 Å². The number of rotatable bonds is 46. The van der Waals surface area contributed by atoms with Gasteiger partial charge >= 0.3 is 12.1 Å². The number of nitrogens with one attached hydrogen (secondary N) is 10. The molecule has 3 aromatic carbocycles. The third-order valence-corrected chi connectivity index (χ3v) is 18.3. The molecule has 0 aromatic heterocycles. The predicted molar refractivity (Wildman–Crippen MR) is 369 cm³/mol. The van der Waals surface area contributed by atoms with Gasteiger partial charge in [0, 0.05) is 82.3 Å². The molecule has 94 heavy (non-hydrogen) atoms. The second-order valence-corrected chi connectivity index (χ2v) is 27.9. The Balaban J connectivity index is 0.930. The quantitative estimate of drug-likeness (QED) is 0.0188. The van der Waals surface area contributed by atoms with Crippen molar-refractivity contribution in [3.8, 4) is 0 Å². The van der Waals surface area contributed by atoms with Crippen molar-refractivity contribution in [2.75, 3.05) is 38.5 Å². The largest absolute Gasteiger partial charge is 0.444 e. The minimum Gasteiger partial charge on any atom is -0.444 e.